The summed E-state index contributed by atoms with van der Waals surface area (Å²) in [4.78, 5) is 24.9. The van der Waals surface area contributed by atoms with Gasteiger partial charge in [-0.05, 0) is 12.8 Å². The zero-order valence-electron chi connectivity index (χ0n) is 17.8. The fraction of sp³-hybridized carbons (Fsp3) is 0.636. The summed E-state index contributed by atoms with van der Waals surface area (Å²) in [5.74, 6) is -0.315. The molecule has 2 aliphatic heterocycles. The second-order valence-electron chi connectivity index (χ2n) is 7.45. The smallest absolute Gasteiger partial charge is 0.306 e. The monoisotopic (exact) mass is 490 g/mol. The lowest BCUT2D eigenvalue weighted by Crippen LogP contribution is -2.64. The second kappa shape index (κ2) is 12.7. The lowest BCUT2D eigenvalue weighted by atomic mass is 9.97. The van der Waals surface area contributed by atoms with E-state index in [-0.39, 0.29) is 19.4 Å². The van der Waals surface area contributed by atoms with Crippen LogP contribution < -0.4 is 0 Å². The van der Waals surface area contributed by atoms with Crippen LogP contribution in [0.3, 0.4) is 0 Å². The van der Waals surface area contributed by atoms with Gasteiger partial charge in [0.2, 0.25) is 0 Å². The molecule has 178 valence electrons. The van der Waals surface area contributed by atoms with Crippen LogP contribution in [0.1, 0.15) is 37.5 Å². The summed E-state index contributed by atoms with van der Waals surface area (Å²) in [5.41, 5.74) is 0.808. The molecule has 0 radical (unpaired) electrons. The first-order chi connectivity index (χ1) is 15.6. The van der Waals surface area contributed by atoms with E-state index in [0.29, 0.717) is 24.6 Å². The summed E-state index contributed by atoms with van der Waals surface area (Å²) in [6, 6.07) is 9.38. The Morgan fingerprint density at radius 3 is 2.19 bits per heavy atom. The minimum Gasteiger partial charge on any atom is -0.455 e. The summed E-state index contributed by atoms with van der Waals surface area (Å²) < 4.78 is 34.7. The van der Waals surface area contributed by atoms with E-state index in [1.54, 1.807) is 0 Å². The molecule has 2 heterocycles. The molecular weight excluding hydrogens is 463 g/mol. The van der Waals surface area contributed by atoms with E-state index in [1.807, 2.05) is 30.3 Å². The van der Waals surface area contributed by atoms with Gasteiger partial charge in [-0.3, -0.25) is 9.59 Å². The average molecular weight is 491 g/mol. The molecule has 2 fully saturated rings. The van der Waals surface area contributed by atoms with E-state index in [0.717, 1.165) is 5.56 Å². The third-order valence-corrected chi connectivity index (χ3v) is 5.69. The zero-order valence-corrected chi connectivity index (χ0v) is 19.3. The number of alkyl halides is 2. The standard InChI is InChI=1S/C22H28Cl2O8/c1-27-22-20(31-17(26)10-6-12-24)19(30-16(25)9-5-11-23)18-15(29-22)13-28-21(32-18)14-7-3-2-4-8-14/h2-4,7-8,15,18-22H,5-6,9-13H2,1H3/t15-,18-,19+,20-,21?,22+/m1/s1. The maximum Gasteiger partial charge on any atom is 0.306 e. The molecule has 3 rings (SSSR count). The van der Waals surface area contributed by atoms with E-state index in [4.69, 9.17) is 51.6 Å². The van der Waals surface area contributed by atoms with Gasteiger partial charge in [0.1, 0.15) is 12.2 Å². The number of carbonyl (C=O) groups excluding carboxylic acids is 2. The maximum absolute atomic E-state index is 12.5. The molecule has 0 spiro atoms. The summed E-state index contributed by atoms with van der Waals surface area (Å²) in [7, 11) is 1.42. The van der Waals surface area contributed by atoms with Crippen LogP contribution in [0.15, 0.2) is 30.3 Å². The number of methoxy groups -OCH3 is 1. The molecule has 0 aromatic heterocycles. The predicted octanol–water partition coefficient (Wildman–Crippen LogP) is 3.33. The highest BCUT2D eigenvalue weighted by atomic mass is 35.5. The van der Waals surface area contributed by atoms with Crippen LogP contribution >= 0.6 is 23.2 Å². The van der Waals surface area contributed by atoms with E-state index in [9.17, 15) is 9.59 Å². The number of hydrogen-bond acceptors (Lipinski definition) is 8. The minimum absolute atomic E-state index is 0.119. The molecule has 1 aromatic carbocycles. The largest absolute Gasteiger partial charge is 0.455 e. The molecule has 8 nitrogen and oxygen atoms in total. The Morgan fingerprint density at radius 2 is 1.59 bits per heavy atom. The third-order valence-electron chi connectivity index (χ3n) is 5.15. The second-order valence-corrected chi connectivity index (χ2v) is 8.21. The Hall–Kier alpha value is -1.42. The van der Waals surface area contributed by atoms with Gasteiger partial charge in [-0.25, -0.2) is 0 Å². The van der Waals surface area contributed by atoms with Crippen molar-refractivity contribution >= 4 is 35.1 Å². The molecule has 0 bridgehead atoms. The van der Waals surface area contributed by atoms with Gasteiger partial charge in [0.15, 0.2) is 24.8 Å². The number of hydrogen-bond donors (Lipinski definition) is 0. The molecule has 32 heavy (non-hydrogen) atoms. The summed E-state index contributed by atoms with van der Waals surface area (Å²) in [6.45, 7) is 0.187. The van der Waals surface area contributed by atoms with Crippen molar-refractivity contribution in [2.75, 3.05) is 25.5 Å². The number of carbonyl (C=O) groups is 2. The van der Waals surface area contributed by atoms with Crippen LogP contribution in [0.25, 0.3) is 0 Å². The van der Waals surface area contributed by atoms with Crippen LogP contribution in [0, 0.1) is 0 Å². The first-order valence-electron chi connectivity index (χ1n) is 10.6. The normalized spacial score (nSPS) is 29.7. The van der Waals surface area contributed by atoms with Crippen molar-refractivity contribution in [3.05, 3.63) is 35.9 Å². The zero-order chi connectivity index (χ0) is 22.9. The summed E-state index contributed by atoms with van der Waals surface area (Å²) in [5, 5.41) is 0. The van der Waals surface area contributed by atoms with E-state index < -0.39 is 48.9 Å². The van der Waals surface area contributed by atoms with Gasteiger partial charge < -0.3 is 28.4 Å². The molecule has 2 saturated heterocycles. The predicted molar refractivity (Wildman–Crippen MR) is 115 cm³/mol. The van der Waals surface area contributed by atoms with Gasteiger partial charge in [0, 0.05) is 37.3 Å². The first-order valence-corrected chi connectivity index (χ1v) is 11.7. The Morgan fingerprint density at radius 1 is 0.969 bits per heavy atom. The van der Waals surface area contributed by atoms with Crippen molar-refractivity contribution in [3.63, 3.8) is 0 Å². The molecule has 0 amide bonds. The highest BCUT2D eigenvalue weighted by Crippen LogP contribution is 2.36. The van der Waals surface area contributed by atoms with Crippen LogP contribution in [-0.4, -0.2) is 68.1 Å². The topological polar surface area (TPSA) is 89.5 Å². The Kier molecular flexibility index (Phi) is 10.0. The molecular formula is C22H28Cl2O8. The molecule has 10 heteroatoms. The molecule has 1 aromatic rings. The van der Waals surface area contributed by atoms with E-state index in [2.05, 4.69) is 0 Å². The fourth-order valence-electron chi connectivity index (χ4n) is 3.62. The van der Waals surface area contributed by atoms with E-state index >= 15 is 0 Å². The summed E-state index contributed by atoms with van der Waals surface area (Å²) in [6.07, 6.45) is -3.75. The maximum atomic E-state index is 12.5. The van der Waals surface area contributed by atoms with Gasteiger partial charge in [-0.2, -0.15) is 0 Å². The molecule has 6 atom stereocenters. The van der Waals surface area contributed by atoms with Gasteiger partial charge in [-0.15, -0.1) is 23.2 Å². The van der Waals surface area contributed by atoms with Gasteiger partial charge >= 0.3 is 11.9 Å². The molecule has 0 aliphatic carbocycles. The van der Waals surface area contributed by atoms with Crippen molar-refractivity contribution in [3.8, 4) is 0 Å². The molecule has 0 saturated carbocycles. The van der Waals surface area contributed by atoms with Gasteiger partial charge in [-0.1, -0.05) is 30.3 Å². The van der Waals surface area contributed by atoms with Gasteiger partial charge in [0.25, 0.3) is 0 Å². The molecule has 2 aliphatic rings. The van der Waals surface area contributed by atoms with Crippen molar-refractivity contribution in [2.45, 2.75) is 62.7 Å². The SMILES string of the molecule is CO[C@H]1O[C@@H]2COC(c3ccccc3)O[C@H]2[C@H](OC(=O)CCCCl)[C@H]1OC(=O)CCCCl. The van der Waals surface area contributed by atoms with Crippen LogP contribution in [-0.2, 0) is 38.0 Å². The van der Waals surface area contributed by atoms with Crippen molar-refractivity contribution in [2.24, 2.45) is 0 Å². The van der Waals surface area contributed by atoms with Crippen LogP contribution in [0.5, 0.6) is 0 Å². The lowest BCUT2D eigenvalue weighted by Gasteiger charge is -2.47. The number of fused-ring (bicyclic) bond motifs is 1. The highest BCUT2D eigenvalue weighted by Gasteiger charge is 2.53. The lowest BCUT2D eigenvalue weighted by molar-refractivity contribution is -0.359. The number of rotatable bonds is 10. The van der Waals surface area contributed by atoms with Crippen molar-refractivity contribution in [1.29, 1.82) is 0 Å². The highest BCUT2D eigenvalue weighted by molar-refractivity contribution is 6.18. The Labute approximate surface area is 197 Å². The fourth-order valence-corrected chi connectivity index (χ4v) is 3.89. The number of benzene rings is 1. The third kappa shape index (κ3) is 6.56. The minimum atomic E-state index is -1.02. The number of esters is 2. The summed E-state index contributed by atoms with van der Waals surface area (Å²) >= 11 is 11.4. The Bertz CT molecular complexity index is 734. The molecule has 1 unspecified atom stereocenters. The van der Waals surface area contributed by atoms with E-state index in [1.165, 1.54) is 7.11 Å². The Balaban J connectivity index is 1.82. The average Bonchev–Trinajstić information content (AvgIpc) is 2.82. The number of ether oxygens (including phenoxy) is 6. The van der Waals surface area contributed by atoms with Crippen LogP contribution in [0.2, 0.25) is 0 Å². The van der Waals surface area contributed by atoms with Gasteiger partial charge in [0.05, 0.1) is 6.61 Å². The quantitative estimate of drug-likeness (QED) is 0.364. The van der Waals surface area contributed by atoms with Crippen LogP contribution in [0.4, 0.5) is 0 Å². The van der Waals surface area contributed by atoms with Crippen molar-refractivity contribution < 1.29 is 38.0 Å². The number of halogens is 2. The van der Waals surface area contributed by atoms with Crippen molar-refractivity contribution in [1.82, 2.24) is 0 Å². The first kappa shape index (κ1) is 25.2. The molecule has 0 N–H and O–H groups in total.